The minimum Gasteiger partial charge on any atom is -0.317 e. The third kappa shape index (κ3) is 6.26. The first kappa shape index (κ1) is 22.2. The van der Waals surface area contributed by atoms with E-state index in [0.717, 1.165) is 44.1 Å². The number of piperidine rings is 1. The number of benzene rings is 1. The van der Waals surface area contributed by atoms with E-state index in [2.05, 4.69) is 70.9 Å². The molecule has 4 rings (SSSR count). The van der Waals surface area contributed by atoms with Crippen LogP contribution >= 0.6 is 11.3 Å². The van der Waals surface area contributed by atoms with Gasteiger partial charge in [-0.05, 0) is 87.7 Å². The van der Waals surface area contributed by atoms with E-state index in [4.69, 9.17) is 0 Å². The second kappa shape index (κ2) is 10.6. The van der Waals surface area contributed by atoms with Gasteiger partial charge < -0.3 is 20.4 Å². The molecule has 0 spiro atoms. The molecule has 31 heavy (non-hydrogen) atoms. The van der Waals surface area contributed by atoms with Gasteiger partial charge in [-0.3, -0.25) is 4.79 Å². The van der Waals surface area contributed by atoms with E-state index in [1.165, 1.54) is 34.4 Å². The van der Waals surface area contributed by atoms with Crippen molar-refractivity contribution in [3.63, 3.8) is 0 Å². The van der Waals surface area contributed by atoms with Gasteiger partial charge in [0.05, 0.1) is 11.5 Å². The maximum atomic E-state index is 12.3. The second-order valence-corrected chi connectivity index (χ2v) is 9.99. The number of nitrogens with zero attached hydrogens (tertiary/aromatic N) is 2. The van der Waals surface area contributed by atoms with Crippen molar-refractivity contribution in [3.05, 3.63) is 48.0 Å². The van der Waals surface area contributed by atoms with E-state index in [-0.39, 0.29) is 5.91 Å². The highest BCUT2D eigenvalue weighted by Crippen LogP contribution is 2.32. The molecular formula is C25H34N4OS. The minimum absolute atomic E-state index is 0.0332. The zero-order valence-electron chi connectivity index (χ0n) is 18.7. The van der Waals surface area contributed by atoms with Gasteiger partial charge in [-0.15, -0.1) is 11.3 Å². The molecule has 1 aromatic carbocycles. The SMILES string of the molecule is CN1CC=C(c2ccc(-c3ccc(NC(=O)CNCC4CCN(C)CC4)s3)cc2)CC1. The Hall–Kier alpha value is -1.99. The Balaban J connectivity index is 1.25. The predicted octanol–water partition coefficient (Wildman–Crippen LogP) is 4.00. The second-order valence-electron chi connectivity index (χ2n) is 8.91. The quantitative estimate of drug-likeness (QED) is 0.686. The summed E-state index contributed by atoms with van der Waals surface area (Å²) in [6, 6.07) is 12.9. The van der Waals surface area contributed by atoms with Crippen LogP contribution in [0.2, 0.25) is 0 Å². The molecule has 0 saturated carbocycles. The standard InChI is InChI=1S/C25H34N4OS/c1-28-13-9-19(10-14-28)17-26-18-24(30)27-25-8-7-23(31-25)22-5-3-20(4-6-22)21-11-15-29(2)16-12-21/h3-8,11,19,26H,9-10,12-18H2,1-2H3,(H,27,30). The smallest absolute Gasteiger partial charge is 0.238 e. The number of carbonyl (C=O) groups excluding carboxylic acids is 1. The third-order valence-electron chi connectivity index (χ3n) is 6.38. The summed E-state index contributed by atoms with van der Waals surface area (Å²) >= 11 is 1.63. The Morgan fingerprint density at radius 1 is 1.00 bits per heavy atom. The molecular weight excluding hydrogens is 404 g/mol. The Kier molecular flexibility index (Phi) is 7.56. The highest BCUT2D eigenvalue weighted by atomic mass is 32.1. The van der Waals surface area contributed by atoms with Crippen LogP contribution in [0.1, 0.15) is 24.8 Å². The molecule has 6 heteroatoms. The maximum Gasteiger partial charge on any atom is 0.238 e. The van der Waals surface area contributed by atoms with Crippen LogP contribution in [0.15, 0.2) is 42.5 Å². The van der Waals surface area contributed by atoms with Crippen LogP contribution in [-0.4, -0.2) is 69.1 Å². The van der Waals surface area contributed by atoms with Crippen molar-refractivity contribution in [1.82, 2.24) is 15.1 Å². The number of likely N-dealkylation sites (N-methyl/N-ethyl adjacent to an activating group) is 1. The molecule has 3 heterocycles. The van der Waals surface area contributed by atoms with E-state index < -0.39 is 0 Å². The van der Waals surface area contributed by atoms with Crippen molar-refractivity contribution in [2.75, 3.05) is 58.7 Å². The molecule has 0 radical (unpaired) electrons. The van der Waals surface area contributed by atoms with E-state index in [9.17, 15) is 4.79 Å². The number of amides is 1. The number of carbonyl (C=O) groups is 1. The maximum absolute atomic E-state index is 12.3. The van der Waals surface area contributed by atoms with Crippen LogP contribution in [0.25, 0.3) is 16.0 Å². The fraction of sp³-hybridized carbons (Fsp3) is 0.480. The van der Waals surface area contributed by atoms with Gasteiger partial charge in [-0.2, -0.15) is 0 Å². The summed E-state index contributed by atoms with van der Waals surface area (Å²) < 4.78 is 0. The van der Waals surface area contributed by atoms with Crippen LogP contribution in [0, 0.1) is 5.92 Å². The molecule has 166 valence electrons. The molecule has 0 unspecified atom stereocenters. The van der Waals surface area contributed by atoms with E-state index >= 15 is 0 Å². The fourth-order valence-corrected chi connectivity index (χ4v) is 5.21. The summed E-state index contributed by atoms with van der Waals surface area (Å²) in [7, 11) is 4.34. The monoisotopic (exact) mass is 438 g/mol. The predicted molar refractivity (Wildman–Crippen MR) is 132 cm³/mol. The lowest BCUT2D eigenvalue weighted by Gasteiger charge is -2.28. The number of nitrogens with one attached hydrogen (secondary N) is 2. The minimum atomic E-state index is 0.0332. The summed E-state index contributed by atoms with van der Waals surface area (Å²) in [4.78, 5) is 18.2. The van der Waals surface area contributed by atoms with E-state index in [1.807, 2.05) is 6.07 Å². The number of rotatable bonds is 7. The number of likely N-dealkylation sites (tertiary alicyclic amines) is 1. The largest absolute Gasteiger partial charge is 0.317 e. The molecule has 0 atom stereocenters. The van der Waals surface area contributed by atoms with Gasteiger partial charge in [-0.1, -0.05) is 30.3 Å². The Bertz CT molecular complexity index is 897. The van der Waals surface area contributed by atoms with Gasteiger partial charge in [0.15, 0.2) is 0 Å². The molecule has 5 nitrogen and oxygen atoms in total. The third-order valence-corrected chi connectivity index (χ3v) is 7.43. The molecule has 1 fully saturated rings. The molecule has 2 aliphatic rings. The van der Waals surface area contributed by atoms with E-state index in [1.54, 1.807) is 11.3 Å². The molecule has 1 aromatic heterocycles. The van der Waals surface area contributed by atoms with Crippen molar-refractivity contribution >= 4 is 27.8 Å². The summed E-state index contributed by atoms with van der Waals surface area (Å²) in [6.07, 6.45) is 5.87. The van der Waals surface area contributed by atoms with Crippen LogP contribution < -0.4 is 10.6 Å². The number of anilines is 1. The number of thiophene rings is 1. The first-order chi connectivity index (χ1) is 15.1. The van der Waals surface area contributed by atoms with Crippen molar-refractivity contribution in [2.45, 2.75) is 19.3 Å². The fourth-order valence-electron chi connectivity index (χ4n) is 4.28. The molecule has 0 bridgehead atoms. The Morgan fingerprint density at radius 3 is 2.45 bits per heavy atom. The zero-order chi connectivity index (χ0) is 21.6. The van der Waals surface area contributed by atoms with Crippen LogP contribution in [0.4, 0.5) is 5.00 Å². The molecule has 0 aliphatic carbocycles. The summed E-state index contributed by atoms with van der Waals surface area (Å²) in [6.45, 7) is 5.76. The van der Waals surface area contributed by atoms with Crippen LogP contribution in [-0.2, 0) is 4.79 Å². The summed E-state index contributed by atoms with van der Waals surface area (Å²) in [5, 5.41) is 7.28. The van der Waals surface area contributed by atoms with Gasteiger partial charge in [0.1, 0.15) is 0 Å². The number of hydrogen-bond acceptors (Lipinski definition) is 5. The van der Waals surface area contributed by atoms with Gasteiger partial charge in [0.2, 0.25) is 5.91 Å². The molecule has 2 aromatic rings. The average molecular weight is 439 g/mol. The van der Waals surface area contributed by atoms with Crippen molar-refractivity contribution in [1.29, 1.82) is 0 Å². The van der Waals surface area contributed by atoms with Gasteiger partial charge in [-0.25, -0.2) is 0 Å². The van der Waals surface area contributed by atoms with Crippen molar-refractivity contribution < 1.29 is 4.79 Å². The van der Waals surface area contributed by atoms with Gasteiger partial charge in [0, 0.05) is 18.0 Å². The topological polar surface area (TPSA) is 47.6 Å². The highest BCUT2D eigenvalue weighted by molar-refractivity contribution is 7.19. The first-order valence-electron chi connectivity index (χ1n) is 11.3. The molecule has 1 amide bonds. The molecule has 1 saturated heterocycles. The highest BCUT2D eigenvalue weighted by Gasteiger charge is 2.16. The van der Waals surface area contributed by atoms with Crippen molar-refractivity contribution in [2.24, 2.45) is 5.92 Å². The summed E-state index contributed by atoms with van der Waals surface area (Å²) in [5.41, 5.74) is 3.96. The van der Waals surface area contributed by atoms with Gasteiger partial charge in [0.25, 0.3) is 0 Å². The van der Waals surface area contributed by atoms with E-state index in [0.29, 0.717) is 12.5 Å². The lowest BCUT2D eigenvalue weighted by Crippen LogP contribution is -2.37. The Morgan fingerprint density at radius 2 is 1.74 bits per heavy atom. The molecule has 2 N–H and O–H groups in total. The summed E-state index contributed by atoms with van der Waals surface area (Å²) in [5.74, 6) is 0.719. The lowest BCUT2D eigenvalue weighted by atomic mass is 9.97. The van der Waals surface area contributed by atoms with Crippen molar-refractivity contribution in [3.8, 4) is 10.4 Å². The normalized spacial score (nSPS) is 18.7. The molecule has 2 aliphatic heterocycles. The van der Waals surface area contributed by atoms with Gasteiger partial charge >= 0.3 is 0 Å². The van der Waals surface area contributed by atoms with Crippen LogP contribution in [0.5, 0.6) is 0 Å². The average Bonchev–Trinajstić information content (AvgIpc) is 3.24. The lowest BCUT2D eigenvalue weighted by molar-refractivity contribution is -0.115. The number of hydrogen-bond donors (Lipinski definition) is 2. The Labute approximate surface area is 190 Å². The zero-order valence-corrected chi connectivity index (χ0v) is 19.5. The first-order valence-corrected chi connectivity index (χ1v) is 12.2. The van der Waals surface area contributed by atoms with Crippen LogP contribution in [0.3, 0.4) is 0 Å².